The van der Waals surface area contributed by atoms with Gasteiger partial charge in [0.05, 0.1) is 0 Å². The molecule has 0 heteroatoms. The summed E-state index contributed by atoms with van der Waals surface area (Å²) >= 11 is 0. The van der Waals surface area contributed by atoms with Crippen LogP contribution in [0.5, 0.6) is 0 Å². The van der Waals surface area contributed by atoms with Crippen molar-refractivity contribution in [3.8, 4) is 12.3 Å². The Morgan fingerprint density at radius 1 is 1.00 bits per heavy atom. The van der Waals surface area contributed by atoms with Crippen LogP contribution in [0.3, 0.4) is 0 Å². The normalized spacial score (nSPS) is 9.14. The van der Waals surface area contributed by atoms with E-state index in [4.69, 9.17) is 6.42 Å². The summed E-state index contributed by atoms with van der Waals surface area (Å²) in [7, 11) is 0. The molecule has 0 aliphatic heterocycles. The van der Waals surface area contributed by atoms with Gasteiger partial charge in [-0.2, -0.15) is 0 Å². The maximum Gasteiger partial charge on any atom is 0.00859 e. The summed E-state index contributed by atoms with van der Waals surface area (Å²) in [6.07, 6.45) is 13.9. The van der Waals surface area contributed by atoms with E-state index in [0.29, 0.717) is 0 Å². The van der Waals surface area contributed by atoms with Crippen molar-refractivity contribution < 1.29 is 0 Å². The van der Waals surface area contributed by atoms with Crippen molar-refractivity contribution in [1.29, 1.82) is 0 Å². The molecule has 84 valence electrons. The average Bonchev–Trinajstić information content (AvgIpc) is 2.16. The molecule has 0 spiro atoms. The maximum atomic E-state index is 4.96. The number of terminal acetylenes is 1. The highest BCUT2D eigenvalue weighted by Crippen LogP contribution is 2.06. The van der Waals surface area contributed by atoms with E-state index < -0.39 is 0 Å². The quantitative estimate of drug-likeness (QED) is 0.413. The first-order chi connectivity index (χ1) is 6.68. The van der Waals surface area contributed by atoms with Gasteiger partial charge in [-0.15, -0.1) is 12.3 Å². The Labute approximate surface area is 91.5 Å². The van der Waals surface area contributed by atoms with Gasteiger partial charge < -0.3 is 0 Å². The zero-order valence-electron chi connectivity index (χ0n) is 10.6. The first-order valence-corrected chi connectivity index (χ1v) is 6.12. The molecule has 0 aromatic carbocycles. The minimum Gasteiger partial charge on any atom is -0.120 e. The molecule has 0 heterocycles. The van der Waals surface area contributed by atoms with Gasteiger partial charge in [0.1, 0.15) is 0 Å². The van der Waals surface area contributed by atoms with E-state index in [1.807, 2.05) is 0 Å². The van der Waals surface area contributed by atoms with E-state index in [0.717, 1.165) is 12.3 Å². The van der Waals surface area contributed by atoms with Crippen molar-refractivity contribution in [3.05, 3.63) is 0 Å². The Balaban J connectivity index is 0. The topological polar surface area (TPSA) is 0 Å². The summed E-state index contributed by atoms with van der Waals surface area (Å²) in [5, 5.41) is 0. The third kappa shape index (κ3) is 22.6. The standard InChI is InChI=1S/C8H18.C6H10/c1-4-5-6-7-8(2)3;1-3-5-6-4-2/h8H,4-7H2,1-3H3;1H,4-6H2,2H3. The molecule has 0 aromatic rings. The van der Waals surface area contributed by atoms with Gasteiger partial charge in [0.25, 0.3) is 0 Å². The van der Waals surface area contributed by atoms with Crippen LogP contribution in [0, 0.1) is 18.3 Å². The van der Waals surface area contributed by atoms with Gasteiger partial charge in [0, 0.05) is 6.42 Å². The van der Waals surface area contributed by atoms with Crippen molar-refractivity contribution in [2.45, 2.75) is 72.6 Å². The van der Waals surface area contributed by atoms with Crippen LogP contribution in [0.1, 0.15) is 72.6 Å². The van der Waals surface area contributed by atoms with Crippen molar-refractivity contribution in [1.82, 2.24) is 0 Å². The zero-order valence-corrected chi connectivity index (χ0v) is 10.6. The molecule has 0 nitrogen and oxygen atoms in total. The highest BCUT2D eigenvalue weighted by molar-refractivity contribution is 4.82. The molecular weight excluding hydrogens is 168 g/mol. The molecule has 0 rings (SSSR count). The van der Waals surface area contributed by atoms with Crippen LogP contribution in [0.4, 0.5) is 0 Å². The molecule has 0 amide bonds. The Bertz CT molecular complexity index is 116. The highest BCUT2D eigenvalue weighted by Gasteiger charge is 1.90. The summed E-state index contributed by atoms with van der Waals surface area (Å²) in [4.78, 5) is 0. The Hall–Kier alpha value is -0.440. The monoisotopic (exact) mass is 196 g/mol. The lowest BCUT2D eigenvalue weighted by Crippen LogP contribution is -1.85. The van der Waals surface area contributed by atoms with Gasteiger partial charge in [0.2, 0.25) is 0 Å². The van der Waals surface area contributed by atoms with Crippen LogP contribution in [0.15, 0.2) is 0 Å². The largest absolute Gasteiger partial charge is 0.120 e. The Kier molecular flexibility index (Phi) is 17.2. The molecule has 0 unspecified atom stereocenters. The SMILES string of the molecule is C#CCCCC.CCCCCC(C)C. The average molecular weight is 196 g/mol. The summed E-state index contributed by atoms with van der Waals surface area (Å²) in [5.74, 6) is 3.47. The molecule has 14 heavy (non-hydrogen) atoms. The van der Waals surface area contributed by atoms with E-state index in [1.54, 1.807) is 0 Å². The summed E-state index contributed by atoms with van der Waals surface area (Å²) in [6.45, 7) is 8.96. The molecule has 0 aromatic heterocycles. The molecule has 0 atom stereocenters. The first-order valence-electron chi connectivity index (χ1n) is 6.12. The second-order valence-electron chi connectivity index (χ2n) is 4.20. The van der Waals surface area contributed by atoms with Gasteiger partial charge in [-0.05, 0) is 12.3 Å². The van der Waals surface area contributed by atoms with Gasteiger partial charge in [-0.1, -0.05) is 59.8 Å². The summed E-state index contributed by atoms with van der Waals surface area (Å²) < 4.78 is 0. The summed E-state index contributed by atoms with van der Waals surface area (Å²) in [5.41, 5.74) is 0. The molecule has 0 saturated carbocycles. The van der Waals surface area contributed by atoms with Crippen LogP contribution in [-0.4, -0.2) is 0 Å². The second kappa shape index (κ2) is 15.1. The minimum atomic E-state index is 0.904. The van der Waals surface area contributed by atoms with Crippen molar-refractivity contribution in [2.24, 2.45) is 5.92 Å². The van der Waals surface area contributed by atoms with Gasteiger partial charge in [-0.25, -0.2) is 0 Å². The van der Waals surface area contributed by atoms with E-state index in [-0.39, 0.29) is 0 Å². The third-order valence-electron chi connectivity index (χ3n) is 2.06. The third-order valence-corrected chi connectivity index (χ3v) is 2.06. The van der Waals surface area contributed by atoms with Crippen LogP contribution >= 0.6 is 0 Å². The van der Waals surface area contributed by atoms with E-state index in [2.05, 4.69) is 33.6 Å². The molecule has 0 saturated heterocycles. The molecule has 0 radical (unpaired) electrons. The van der Waals surface area contributed by atoms with Crippen LogP contribution < -0.4 is 0 Å². The lowest BCUT2D eigenvalue weighted by atomic mass is 10.1. The lowest BCUT2D eigenvalue weighted by molar-refractivity contribution is 0.534. The van der Waals surface area contributed by atoms with Crippen molar-refractivity contribution >= 4 is 0 Å². The smallest absolute Gasteiger partial charge is 0.00859 e. The number of hydrogen-bond donors (Lipinski definition) is 0. The second-order valence-corrected chi connectivity index (χ2v) is 4.20. The molecular formula is C14H28. The highest BCUT2D eigenvalue weighted by atomic mass is 14.0. The fourth-order valence-electron chi connectivity index (χ4n) is 1.08. The molecule has 0 bridgehead atoms. The number of hydrogen-bond acceptors (Lipinski definition) is 0. The van der Waals surface area contributed by atoms with Crippen molar-refractivity contribution in [2.75, 3.05) is 0 Å². The van der Waals surface area contributed by atoms with E-state index >= 15 is 0 Å². The van der Waals surface area contributed by atoms with Crippen LogP contribution in [-0.2, 0) is 0 Å². The van der Waals surface area contributed by atoms with Crippen LogP contribution in [0.2, 0.25) is 0 Å². The fraction of sp³-hybridized carbons (Fsp3) is 0.857. The minimum absolute atomic E-state index is 0.904. The maximum absolute atomic E-state index is 4.96. The Morgan fingerprint density at radius 2 is 1.57 bits per heavy atom. The summed E-state index contributed by atoms with van der Waals surface area (Å²) in [6, 6.07) is 0. The predicted octanol–water partition coefficient (Wildman–Crippen LogP) is 5.03. The van der Waals surface area contributed by atoms with Gasteiger partial charge in [0.15, 0.2) is 0 Å². The molecule has 0 aliphatic rings. The van der Waals surface area contributed by atoms with Gasteiger partial charge in [-0.3, -0.25) is 0 Å². The Morgan fingerprint density at radius 3 is 1.86 bits per heavy atom. The predicted molar refractivity (Wildman–Crippen MR) is 67.3 cm³/mol. The fourth-order valence-corrected chi connectivity index (χ4v) is 1.08. The van der Waals surface area contributed by atoms with E-state index in [1.165, 1.54) is 38.5 Å². The number of rotatable bonds is 6. The lowest BCUT2D eigenvalue weighted by Gasteiger charge is -2.00. The molecule has 0 aliphatic carbocycles. The van der Waals surface area contributed by atoms with Crippen molar-refractivity contribution in [3.63, 3.8) is 0 Å². The molecule has 0 N–H and O–H groups in total. The van der Waals surface area contributed by atoms with Crippen LogP contribution in [0.25, 0.3) is 0 Å². The molecule has 0 fully saturated rings. The number of unbranched alkanes of at least 4 members (excludes halogenated alkanes) is 4. The van der Waals surface area contributed by atoms with E-state index in [9.17, 15) is 0 Å². The van der Waals surface area contributed by atoms with Gasteiger partial charge >= 0.3 is 0 Å². The zero-order chi connectivity index (χ0) is 11.2. The first kappa shape index (κ1) is 16.0.